The summed E-state index contributed by atoms with van der Waals surface area (Å²) in [5.41, 5.74) is 0.301. The maximum absolute atomic E-state index is 11.6. The summed E-state index contributed by atoms with van der Waals surface area (Å²) in [5.74, 6) is 0.523. The number of hydrogen-bond acceptors (Lipinski definition) is 6. The van der Waals surface area contributed by atoms with E-state index in [9.17, 15) is 9.90 Å². The molecular formula is C14H18O6. The number of carbonyl (C=O) groups is 1. The first-order valence-electron chi connectivity index (χ1n) is 6.50. The van der Waals surface area contributed by atoms with Gasteiger partial charge in [0.05, 0.1) is 26.9 Å². The minimum Gasteiger partial charge on any atom is -0.492 e. The summed E-state index contributed by atoms with van der Waals surface area (Å²) in [5, 5.41) is 10.1. The fourth-order valence-corrected chi connectivity index (χ4v) is 2.00. The SMILES string of the molecule is CCOC(=O)C(O)c1ccc2c(c1OC)OCCCO2. The fourth-order valence-electron chi connectivity index (χ4n) is 2.00. The predicted molar refractivity (Wildman–Crippen MR) is 70.2 cm³/mol. The highest BCUT2D eigenvalue weighted by Crippen LogP contribution is 2.43. The Labute approximate surface area is 117 Å². The van der Waals surface area contributed by atoms with E-state index in [2.05, 4.69) is 0 Å². The average molecular weight is 282 g/mol. The summed E-state index contributed by atoms with van der Waals surface area (Å²) in [6.07, 6.45) is -0.657. The number of carbonyl (C=O) groups excluding carboxylic acids is 1. The molecule has 6 nitrogen and oxygen atoms in total. The smallest absolute Gasteiger partial charge is 0.339 e. The Hall–Kier alpha value is -1.95. The first-order valence-corrected chi connectivity index (χ1v) is 6.50. The number of methoxy groups -OCH3 is 1. The first-order chi connectivity index (χ1) is 9.69. The molecule has 1 heterocycles. The zero-order valence-electron chi connectivity index (χ0n) is 11.5. The van der Waals surface area contributed by atoms with E-state index in [0.29, 0.717) is 36.0 Å². The van der Waals surface area contributed by atoms with E-state index in [1.54, 1.807) is 19.1 Å². The second kappa shape index (κ2) is 6.47. The van der Waals surface area contributed by atoms with E-state index in [1.807, 2.05) is 0 Å². The van der Waals surface area contributed by atoms with Crippen molar-refractivity contribution in [1.82, 2.24) is 0 Å². The number of ether oxygens (including phenoxy) is 4. The minimum absolute atomic E-state index is 0.197. The molecule has 110 valence electrons. The summed E-state index contributed by atoms with van der Waals surface area (Å²) < 4.78 is 21.2. The lowest BCUT2D eigenvalue weighted by Gasteiger charge is -2.18. The van der Waals surface area contributed by atoms with Crippen molar-refractivity contribution in [3.05, 3.63) is 17.7 Å². The molecule has 1 aliphatic rings. The molecule has 1 unspecified atom stereocenters. The molecule has 1 aromatic carbocycles. The fraction of sp³-hybridized carbons (Fsp3) is 0.500. The monoisotopic (exact) mass is 282 g/mol. The van der Waals surface area contributed by atoms with Gasteiger partial charge in [0, 0.05) is 12.0 Å². The number of hydrogen-bond donors (Lipinski definition) is 1. The van der Waals surface area contributed by atoms with Gasteiger partial charge in [-0.1, -0.05) is 0 Å². The number of esters is 1. The van der Waals surface area contributed by atoms with Crippen LogP contribution in [0.5, 0.6) is 17.2 Å². The van der Waals surface area contributed by atoms with Gasteiger partial charge in [0.1, 0.15) is 0 Å². The van der Waals surface area contributed by atoms with Crippen LogP contribution in [0.3, 0.4) is 0 Å². The number of aliphatic hydroxyl groups excluding tert-OH is 1. The zero-order valence-corrected chi connectivity index (χ0v) is 11.5. The molecule has 2 rings (SSSR count). The first kappa shape index (κ1) is 14.5. The molecule has 0 radical (unpaired) electrons. The summed E-state index contributed by atoms with van der Waals surface area (Å²) >= 11 is 0. The Morgan fingerprint density at radius 1 is 1.40 bits per heavy atom. The van der Waals surface area contributed by atoms with Gasteiger partial charge in [-0.3, -0.25) is 0 Å². The Kier molecular flexibility index (Phi) is 4.68. The van der Waals surface area contributed by atoms with Gasteiger partial charge in [-0.15, -0.1) is 0 Å². The van der Waals surface area contributed by atoms with E-state index in [0.717, 1.165) is 6.42 Å². The lowest BCUT2D eigenvalue weighted by atomic mass is 10.1. The van der Waals surface area contributed by atoms with Crippen LogP contribution in [0.4, 0.5) is 0 Å². The molecule has 6 heteroatoms. The van der Waals surface area contributed by atoms with Crippen LogP contribution in [0.15, 0.2) is 12.1 Å². The molecule has 0 spiro atoms. The van der Waals surface area contributed by atoms with Crippen LogP contribution in [-0.2, 0) is 9.53 Å². The van der Waals surface area contributed by atoms with Gasteiger partial charge in [0.25, 0.3) is 0 Å². The number of aliphatic hydroxyl groups is 1. The second-order valence-corrected chi connectivity index (χ2v) is 4.22. The van der Waals surface area contributed by atoms with Gasteiger partial charge in [0.2, 0.25) is 5.75 Å². The third kappa shape index (κ3) is 2.80. The van der Waals surface area contributed by atoms with Crippen LogP contribution < -0.4 is 14.2 Å². The number of fused-ring (bicyclic) bond motifs is 1. The lowest BCUT2D eigenvalue weighted by molar-refractivity contribution is -0.153. The van der Waals surface area contributed by atoms with Gasteiger partial charge in [-0.2, -0.15) is 0 Å². The van der Waals surface area contributed by atoms with Gasteiger partial charge < -0.3 is 24.1 Å². The van der Waals surface area contributed by atoms with Crippen molar-refractivity contribution < 1.29 is 28.8 Å². The molecule has 0 saturated heterocycles. The Morgan fingerprint density at radius 2 is 2.15 bits per heavy atom. The molecule has 0 amide bonds. The predicted octanol–water partition coefficient (Wildman–Crippen LogP) is 1.45. The molecule has 0 aromatic heterocycles. The van der Waals surface area contributed by atoms with Gasteiger partial charge in [-0.05, 0) is 19.1 Å². The van der Waals surface area contributed by atoms with Crippen molar-refractivity contribution >= 4 is 5.97 Å². The van der Waals surface area contributed by atoms with E-state index in [-0.39, 0.29) is 6.61 Å². The molecule has 0 aliphatic carbocycles. The second-order valence-electron chi connectivity index (χ2n) is 4.22. The van der Waals surface area contributed by atoms with Gasteiger partial charge in [0.15, 0.2) is 17.6 Å². The van der Waals surface area contributed by atoms with E-state index in [4.69, 9.17) is 18.9 Å². The molecule has 1 aromatic rings. The van der Waals surface area contributed by atoms with Gasteiger partial charge in [-0.25, -0.2) is 4.79 Å². The van der Waals surface area contributed by atoms with Crippen LogP contribution in [0, 0.1) is 0 Å². The van der Waals surface area contributed by atoms with Crippen molar-refractivity contribution in [2.45, 2.75) is 19.4 Å². The lowest BCUT2D eigenvalue weighted by Crippen LogP contribution is -2.16. The quantitative estimate of drug-likeness (QED) is 0.843. The molecule has 0 saturated carbocycles. The molecule has 1 aliphatic heterocycles. The molecule has 1 atom stereocenters. The minimum atomic E-state index is -1.41. The number of rotatable bonds is 4. The molecule has 0 fully saturated rings. The van der Waals surface area contributed by atoms with Crippen molar-refractivity contribution in [2.24, 2.45) is 0 Å². The Morgan fingerprint density at radius 3 is 2.85 bits per heavy atom. The molecule has 0 bridgehead atoms. The zero-order chi connectivity index (χ0) is 14.5. The van der Waals surface area contributed by atoms with Crippen molar-refractivity contribution in [1.29, 1.82) is 0 Å². The normalized spacial score (nSPS) is 15.2. The Balaban J connectivity index is 2.39. The molecule has 1 N–H and O–H groups in total. The highest BCUT2D eigenvalue weighted by molar-refractivity contribution is 5.78. The summed E-state index contributed by atoms with van der Waals surface area (Å²) in [6.45, 7) is 2.91. The summed E-state index contributed by atoms with van der Waals surface area (Å²) in [7, 11) is 1.45. The van der Waals surface area contributed by atoms with Crippen LogP contribution in [-0.4, -0.2) is 38.0 Å². The van der Waals surface area contributed by atoms with E-state index >= 15 is 0 Å². The number of benzene rings is 1. The Bertz CT molecular complexity index is 485. The molecule has 20 heavy (non-hydrogen) atoms. The van der Waals surface area contributed by atoms with Crippen LogP contribution in [0.25, 0.3) is 0 Å². The summed E-state index contributed by atoms with van der Waals surface area (Å²) in [4.78, 5) is 11.6. The van der Waals surface area contributed by atoms with E-state index in [1.165, 1.54) is 7.11 Å². The summed E-state index contributed by atoms with van der Waals surface area (Å²) in [6, 6.07) is 3.23. The van der Waals surface area contributed by atoms with Crippen molar-refractivity contribution in [3.8, 4) is 17.2 Å². The third-order valence-corrected chi connectivity index (χ3v) is 2.91. The molecular weight excluding hydrogens is 264 g/mol. The van der Waals surface area contributed by atoms with Crippen molar-refractivity contribution in [3.63, 3.8) is 0 Å². The van der Waals surface area contributed by atoms with Crippen LogP contribution >= 0.6 is 0 Å². The average Bonchev–Trinajstić information content (AvgIpc) is 2.70. The van der Waals surface area contributed by atoms with Crippen LogP contribution in [0.2, 0.25) is 0 Å². The van der Waals surface area contributed by atoms with E-state index < -0.39 is 12.1 Å². The highest BCUT2D eigenvalue weighted by Gasteiger charge is 2.27. The highest BCUT2D eigenvalue weighted by atomic mass is 16.6. The van der Waals surface area contributed by atoms with Crippen molar-refractivity contribution in [2.75, 3.05) is 26.9 Å². The van der Waals surface area contributed by atoms with Crippen LogP contribution in [0.1, 0.15) is 25.0 Å². The largest absolute Gasteiger partial charge is 0.492 e. The topological polar surface area (TPSA) is 74.2 Å². The maximum atomic E-state index is 11.6. The standard InChI is InChI=1S/C14H18O6/c1-3-18-14(16)11(15)9-5-6-10-13(12(9)17-2)20-8-4-7-19-10/h5-6,11,15H,3-4,7-8H2,1-2H3. The third-order valence-electron chi connectivity index (χ3n) is 2.91. The maximum Gasteiger partial charge on any atom is 0.339 e. The van der Waals surface area contributed by atoms with Gasteiger partial charge >= 0.3 is 5.97 Å².